The number of fused-ring (bicyclic) bond motifs is 1. The van der Waals surface area contributed by atoms with Gasteiger partial charge in [-0.15, -0.1) is 10.2 Å². The van der Waals surface area contributed by atoms with Crippen LogP contribution in [0.25, 0.3) is 10.9 Å². The summed E-state index contributed by atoms with van der Waals surface area (Å²) in [5.74, 6) is 0.109. The van der Waals surface area contributed by atoms with Crippen molar-refractivity contribution < 1.29 is 4.79 Å². The second kappa shape index (κ2) is 5.14. The van der Waals surface area contributed by atoms with Crippen LogP contribution in [0, 0.1) is 0 Å². The average Bonchev–Trinajstić information content (AvgIpc) is 3.06. The van der Waals surface area contributed by atoms with E-state index in [0.29, 0.717) is 0 Å². The van der Waals surface area contributed by atoms with Crippen molar-refractivity contribution in [2.75, 3.05) is 0 Å². The molecule has 0 saturated heterocycles. The monoisotopic (exact) mass is 289 g/mol. The van der Waals surface area contributed by atoms with Crippen molar-refractivity contribution in [1.29, 1.82) is 0 Å². The highest BCUT2D eigenvalue weighted by Crippen LogP contribution is 2.28. The number of ketones is 1. The van der Waals surface area contributed by atoms with Crippen LogP contribution in [0.3, 0.4) is 0 Å². The highest BCUT2D eigenvalue weighted by atomic mass is 32.2. The Balaban J connectivity index is 1.87. The number of hydrogen-bond donors (Lipinski definition) is 1. The molecular weight excluding hydrogens is 278 g/mol. The summed E-state index contributed by atoms with van der Waals surface area (Å²) in [6.45, 7) is 1.90. The number of thioether (sulfide) groups is 1. The normalized spacial score (nSPS) is 12.7. The molecule has 1 N–H and O–H groups in total. The van der Waals surface area contributed by atoms with Crippen molar-refractivity contribution in [1.82, 2.24) is 15.2 Å². The number of hydrogen-bond acceptors (Lipinski definition) is 5. The predicted octanol–water partition coefficient (Wildman–Crippen LogP) is 3.38. The number of para-hydroxylation sites is 1. The number of nitrogens with one attached hydrogen (secondary N) is 1. The Bertz CT molecular complexity index is 706. The lowest BCUT2D eigenvalue weighted by Gasteiger charge is -2.06. The second-order valence-electron chi connectivity index (χ2n) is 4.08. The van der Waals surface area contributed by atoms with Crippen LogP contribution in [0.4, 0.5) is 0 Å². The lowest BCUT2D eigenvalue weighted by atomic mass is 10.1. The van der Waals surface area contributed by atoms with Gasteiger partial charge in [0.05, 0.1) is 5.25 Å². The molecule has 19 heavy (non-hydrogen) atoms. The minimum Gasteiger partial charge on any atom is -0.360 e. The number of aromatic amines is 1. The maximum absolute atomic E-state index is 12.5. The van der Waals surface area contributed by atoms with Gasteiger partial charge in [0.25, 0.3) is 0 Å². The standard InChI is InChI=1S/C13H11N3OS2/c1-8(19-13-16-15-7-18-13)12(17)10-6-14-11-5-3-2-4-9(10)11/h2-8,14H,1H3/t8-/m0/s1. The van der Waals surface area contributed by atoms with Crippen molar-refractivity contribution in [2.45, 2.75) is 16.5 Å². The van der Waals surface area contributed by atoms with Crippen molar-refractivity contribution >= 4 is 39.8 Å². The van der Waals surface area contributed by atoms with Crippen molar-refractivity contribution in [2.24, 2.45) is 0 Å². The van der Waals surface area contributed by atoms with E-state index in [1.165, 1.54) is 23.1 Å². The SMILES string of the molecule is C[C@H](Sc1nncs1)C(=O)c1c[nH]c2ccccc12. The second-order valence-corrected chi connectivity index (χ2v) is 6.50. The molecule has 2 aromatic heterocycles. The molecule has 96 valence electrons. The van der Waals surface area contributed by atoms with Crippen LogP contribution in [0.2, 0.25) is 0 Å². The van der Waals surface area contributed by atoms with Gasteiger partial charge in [0.15, 0.2) is 10.1 Å². The molecule has 1 atom stereocenters. The minimum absolute atomic E-state index is 0.109. The maximum atomic E-state index is 12.5. The van der Waals surface area contributed by atoms with Gasteiger partial charge in [-0.05, 0) is 13.0 Å². The summed E-state index contributed by atoms with van der Waals surface area (Å²) in [6.07, 6.45) is 1.78. The molecule has 0 aliphatic rings. The van der Waals surface area contributed by atoms with E-state index in [4.69, 9.17) is 0 Å². The number of aromatic nitrogens is 3. The number of nitrogens with zero attached hydrogens (tertiary/aromatic N) is 2. The van der Waals surface area contributed by atoms with Gasteiger partial charge in [-0.25, -0.2) is 0 Å². The number of benzene rings is 1. The summed E-state index contributed by atoms with van der Waals surface area (Å²) in [5.41, 5.74) is 3.39. The zero-order valence-corrected chi connectivity index (χ0v) is 11.8. The highest BCUT2D eigenvalue weighted by Gasteiger charge is 2.20. The third-order valence-corrected chi connectivity index (χ3v) is 4.75. The fourth-order valence-electron chi connectivity index (χ4n) is 1.91. The average molecular weight is 289 g/mol. The molecule has 0 amide bonds. The van der Waals surface area contributed by atoms with Crippen LogP contribution in [0.1, 0.15) is 17.3 Å². The molecule has 4 nitrogen and oxygen atoms in total. The van der Waals surface area contributed by atoms with Gasteiger partial charge in [0.1, 0.15) is 5.51 Å². The van der Waals surface area contributed by atoms with Crippen LogP contribution in [-0.4, -0.2) is 26.2 Å². The first-order valence-corrected chi connectivity index (χ1v) is 7.55. The van der Waals surface area contributed by atoms with E-state index in [-0.39, 0.29) is 11.0 Å². The van der Waals surface area contributed by atoms with Crippen molar-refractivity contribution in [3.8, 4) is 0 Å². The third kappa shape index (κ3) is 2.41. The molecule has 0 unspecified atom stereocenters. The lowest BCUT2D eigenvalue weighted by molar-refractivity contribution is 0.0995. The first-order chi connectivity index (χ1) is 9.25. The topological polar surface area (TPSA) is 58.6 Å². The number of carbonyl (C=O) groups excluding carboxylic acids is 1. The van der Waals surface area contributed by atoms with Crippen LogP contribution in [-0.2, 0) is 0 Å². The first kappa shape index (κ1) is 12.4. The first-order valence-electron chi connectivity index (χ1n) is 5.79. The van der Waals surface area contributed by atoms with Crippen LogP contribution in [0.15, 0.2) is 40.3 Å². The van der Waals surface area contributed by atoms with Gasteiger partial charge in [-0.3, -0.25) is 4.79 Å². The minimum atomic E-state index is -0.174. The van der Waals surface area contributed by atoms with E-state index in [1.807, 2.05) is 31.2 Å². The molecule has 0 saturated carbocycles. The van der Waals surface area contributed by atoms with Gasteiger partial charge >= 0.3 is 0 Å². The molecule has 1 aromatic carbocycles. The highest BCUT2D eigenvalue weighted by molar-refractivity contribution is 8.02. The molecule has 6 heteroatoms. The summed E-state index contributed by atoms with van der Waals surface area (Å²) in [7, 11) is 0. The number of rotatable bonds is 4. The Morgan fingerprint density at radius 3 is 3.05 bits per heavy atom. The fraction of sp³-hybridized carbons (Fsp3) is 0.154. The van der Waals surface area contributed by atoms with E-state index in [1.54, 1.807) is 11.7 Å². The van der Waals surface area contributed by atoms with E-state index < -0.39 is 0 Å². The van der Waals surface area contributed by atoms with Crippen LogP contribution in [0.5, 0.6) is 0 Å². The summed E-state index contributed by atoms with van der Waals surface area (Å²) >= 11 is 2.90. The van der Waals surface area contributed by atoms with Gasteiger partial charge in [0.2, 0.25) is 0 Å². The van der Waals surface area contributed by atoms with Crippen LogP contribution >= 0.6 is 23.1 Å². The number of carbonyl (C=O) groups is 1. The van der Waals surface area contributed by atoms with Gasteiger partial charge in [-0.1, -0.05) is 41.3 Å². The van der Waals surface area contributed by atoms with E-state index >= 15 is 0 Å². The van der Waals surface area contributed by atoms with Crippen LogP contribution < -0.4 is 0 Å². The summed E-state index contributed by atoms with van der Waals surface area (Å²) in [4.78, 5) is 15.6. The Kier molecular flexibility index (Phi) is 3.35. The maximum Gasteiger partial charge on any atom is 0.178 e. The van der Waals surface area contributed by atoms with E-state index in [0.717, 1.165) is 20.8 Å². The van der Waals surface area contributed by atoms with E-state index in [9.17, 15) is 4.79 Å². The quantitative estimate of drug-likeness (QED) is 0.591. The molecule has 0 bridgehead atoms. The molecule has 0 fully saturated rings. The fourth-order valence-corrected chi connectivity index (χ4v) is 3.61. The molecule has 2 heterocycles. The molecule has 0 aliphatic carbocycles. The Morgan fingerprint density at radius 2 is 2.26 bits per heavy atom. The zero-order valence-electron chi connectivity index (χ0n) is 10.2. The smallest absolute Gasteiger partial charge is 0.178 e. The summed E-state index contributed by atoms with van der Waals surface area (Å²) in [5, 5.41) is 8.53. The van der Waals surface area contributed by atoms with Gasteiger partial charge in [-0.2, -0.15) is 0 Å². The van der Waals surface area contributed by atoms with Crippen molar-refractivity contribution in [3.05, 3.63) is 41.5 Å². The number of Topliss-reactive ketones (excluding diaryl/α,β-unsaturated/α-hetero) is 1. The molecule has 0 spiro atoms. The van der Waals surface area contributed by atoms with Gasteiger partial charge in [0, 0.05) is 22.7 Å². The molecule has 3 rings (SSSR count). The zero-order chi connectivity index (χ0) is 13.2. The Labute approximate surface area is 118 Å². The predicted molar refractivity (Wildman–Crippen MR) is 77.9 cm³/mol. The molecule has 0 radical (unpaired) electrons. The molecule has 3 aromatic rings. The third-order valence-electron chi connectivity index (χ3n) is 2.84. The molecular formula is C13H11N3OS2. The van der Waals surface area contributed by atoms with Crippen molar-refractivity contribution in [3.63, 3.8) is 0 Å². The Morgan fingerprint density at radius 1 is 1.42 bits per heavy atom. The number of H-pyrrole nitrogens is 1. The Hall–Kier alpha value is -1.66. The van der Waals surface area contributed by atoms with Gasteiger partial charge < -0.3 is 4.98 Å². The summed E-state index contributed by atoms with van der Waals surface area (Å²) < 4.78 is 0.820. The largest absolute Gasteiger partial charge is 0.360 e. The molecule has 0 aliphatic heterocycles. The lowest BCUT2D eigenvalue weighted by Crippen LogP contribution is -2.12. The summed E-state index contributed by atoms with van der Waals surface area (Å²) in [6, 6.07) is 7.82. The van der Waals surface area contributed by atoms with E-state index in [2.05, 4.69) is 15.2 Å².